The highest BCUT2D eigenvalue weighted by molar-refractivity contribution is 7.12. The zero-order chi connectivity index (χ0) is 24.5. The van der Waals surface area contributed by atoms with Crippen LogP contribution in [0.1, 0.15) is 54.4 Å². The van der Waals surface area contributed by atoms with Crippen molar-refractivity contribution in [2.75, 3.05) is 18.5 Å². The first-order chi connectivity index (χ1) is 17.0. The average molecular weight is 489 g/mol. The number of fused-ring (bicyclic) bond motifs is 2. The highest BCUT2D eigenvalue weighted by Crippen LogP contribution is 2.32. The van der Waals surface area contributed by atoms with Gasteiger partial charge in [-0.3, -0.25) is 19.2 Å². The summed E-state index contributed by atoms with van der Waals surface area (Å²) < 4.78 is 5.21. The lowest BCUT2D eigenvalue weighted by atomic mass is 9.83. The number of benzene rings is 2. The maximum Gasteiger partial charge on any atom is 0.329 e. The van der Waals surface area contributed by atoms with Gasteiger partial charge in [-0.05, 0) is 30.4 Å². The first-order valence-electron chi connectivity index (χ1n) is 11.1. The van der Waals surface area contributed by atoms with Gasteiger partial charge in [-0.2, -0.15) is 0 Å². The number of ether oxygens (including phenoxy) is 1. The SMILES string of the molecule is O=C(COC(=O)[C@@H]1CCCN1C(=O)c1cccs1)Nc1cccc2c1C(=O)c1ccccc1C2=O. The van der Waals surface area contributed by atoms with Crippen molar-refractivity contribution in [1.29, 1.82) is 0 Å². The Morgan fingerprint density at radius 2 is 1.69 bits per heavy atom. The van der Waals surface area contributed by atoms with Crippen molar-refractivity contribution in [2.45, 2.75) is 18.9 Å². The molecule has 1 aliphatic heterocycles. The molecule has 2 amide bonds. The minimum absolute atomic E-state index is 0.111. The van der Waals surface area contributed by atoms with E-state index in [2.05, 4.69) is 5.32 Å². The summed E-state index contributed by atoms with van der Waals surface area (Å²) in [6.07, 6.45) is 1.12. The van der Waals surface area contributed by atoms with Gasteiger partial charge in [0.05, 0.1) is 16.1 Å². The molecule has 0 saturated carbocycles. The molecule has 0 bridgehead atoms. The second-order valence-corrected chi connectivity index (χ2v) is 9.17. The molecule has 1 fully saturated rings. The Morgan fingerprint density at radius 3 is 2.43 bits per heavy atom. The minimum Gasteiger partial charge on any atom is -0.454 e. The number of carbonyl (C=O) groups excluding carboxylic acids is 5. The molecular weight excluding hydrogens is 468 g/mol. The summed E-state index contributed by atoms with van der Waals surface area (Å²) in [7, 11) is 0. The second kappa shape index (κ2) is 9.27. The Bertz CT molecular complexity index is 1360. The molecule has 8 nitrogen and oxygen atoms in total. The van der Waals surface area contributed by atoms with E-state index in [0.29, 0.717) is 29.8 Å². The number of hydrogen-bond donors (Lipinski definition) is 1. The summed E-state index contributed by atoms with van der Waals surface area (Å²) in [6.45, 7) is -0.144. The van der Waals surface area contributed by atoms with E-state index in [1.165, 1.54) is 22.3 Å². The van der Waals surface area contributed by atoms with Gasteiger partial charge in [0.25, 0.3) is 11.8 Å². The van der Waals surface area contributed by atoms with Crippen LogP contribution < -0.4 is 5.32 Å². The molecule has 1 aliphatic carbocycles. The molecule has 9 heteroatoms. The molecule has 1 saturated heterocycles. The molecule has 0 unspecified atom stereocenters. The van der Waals surface area contributed by atoms with E-state index in [4.69, 9.17) is 4.74 Å². The molecule has 0 radical (unpaired) electrons. The van der Waals surface area contributed by atoms with Gasteiger partial charge < -0.3 is 15.0 Å². The average Bonchev–Trinajstić information content (AvgIpc) is 3.58. The van der Waals surface area contributed by atoms with Gasteiger partial charge >= 0.3 is 5.97 Å². The number of hydrogen-bond acceptors (Lipinski definition) is 7. The fourth-order valence-corrected chi connectivity index (χ4v) is 5.14. The molecule has 3 aromatic rings. The minimum atomic E-state index is -0.752. The zero-order valence-corrected chi connectivity index (χ0v) is 19.3. The van der Waals surface area contributed by atoms with E-state index in [-0.39, 0.29) is 39.9 Å². The number of anilines is 1. The van der Waals surface area contributed by atoms with E-state index in [1.54, 1.807) is 53.9 Å². The van der Waals surface area contributed by atoms with Crippen molar-refractivity contribution in [2.24, 2.45) is 0 Å². The third kappa shape index (κ3) is 4.15. The quantitative estimate of drug-likeness (QED) is 0.432. The van der Waals surface area contributed by atoms with Gasteiger partial charge in [-0.1, -0.05) is 42.5 Å². The maximum absolute atomic E-state index is 13.1. The highest BCUT2D eigenvalue weighted by atomic mass is 32.1. The van der Waals surface area contributed by atoms with Crippen molar-refractivity contribution in [3.8, 4) is 0 Å². The van der Waals surface area contributed by atoms with Gasteiger partial charge in [-0.25, -0.2) is 4.79 Å². The van der Waals surface area contributed by atoms with Crippen molar-refractivity contribution in [1.82, 2.24) is 4.90 Å². The third-order valence-electron chi connectivity index (χ3n) is 6.09. The number of rotatable bonds is 5. The van der Waals surface area contributed by atoms with Crippen LogP contribution in [-0.4, -0.2) is 53.4 Å². The number of likely N-dealkylation sites (tertiary alicyclic amines) is 1. The fourth-order valence-electron chi connectivity index (χ4n) is 4.46. The summed E-state index contributed by atoms with van der Waals surface area (Å²) >= 11 is 1.30. The van der Waals surface area contributed by atoms with Crippen LogP contribution in [0.2, 0.25) is 0 Å². The van der Waals surface area contributed by atoms with Crippen LogP contribution in [0.3, 0.4) is 0 Å². The van der Waals surface area contributed by atoms with Crippen LogP contribution in [0.15, 0.2) is 60.0 Å². The predicted molar refractivity (Wildman–Crippen MR) is 128 cm³/mol. The number of ketones is 2. The molecule has 1 atom stereocenters. The Morgan fingerprint density at radius 1 is 0.943 bits per heavy atom. The van der Waals surface area contributed by atoms with Crippen LogP contribution in [0.4, 0.5) is 5.69 Å². The van der Waals surface area contributed by atoms with Crippen LogP contribution in [-0.2, 0) is 14.3 Å². The van der Waals surface area contributed by atoms with Crippen LogP contribution >= 0.6 is 11.3 Å². The molecule has 2 heterocycles. The van der Waals surface area contributed by atoms with E-state index >= 15 is 0 Å². The third-order valence-corrected chi connectivity index (χ3v) is 6.95. The van der Waals surface area contributed by atoms with Crippen molar-refractivity contribution in [3.05, 3.63) is 87.1 Å². The molecule has 176 valence electrons. The summed E-state index contributed by atoms with van der Waals surface area (Å²) in [5.41, 5.74) is 1.08. The van der Waals surface area contributed by atoms with E-state index in [1.807, 2.05) is 0 Å². The first kappa shape index (κ1) is 22.7. The van der Waals surface area contributed by atoms with Crippen LogP contribution in [0.5, 0.6) is 0 Å². The van der Waals surface area contributed by atoms with Crippen molar-refractivity contribution >= 4 is 46.4 Å². The lowest BCUT2D eigenvalue weighted by Gasteiger charge is -2.23. The predicted octanol–water partition coefficient (Wildman–Crippen LogP) is 3.31. The lowest BCUT2D eigenvalue weighted by Crippen LogP contribution is -2.41. The molecule has 1 N–H and O–H groups in total. The smallest absolute Gasteiger partial charge is 0.329 e. The fraction of sp³-hybridized carbons (Fsp3) is 0.192. The summed E-state index contributed by atoms with van der Waals surface area (Å²) in [4.78, 5) is 65.9. The van der Waals surface area contributed by atoms with Gasteiger partial charge in [0.15, 0.2) is 18.2 Å². The van der Waals surface area contributed by atoms with Crippen molar-refractivity contribution in [3.63, 3.8) is 0 Å². The zero-order valence-electron chi connectivity index (χ0n) is 18.5. The van der Waals surface area contributed by atoms with E-state index < -0.39 is 24.5 Å². The van der Waals surface area contributed by atoms with E-state index in [9.17, 15) is 24.0 Å². The summed E-state index contributed by atoms with van der Waals surface area (Å²) in [5, 5.41) is 4.38. The molecule has 5 rings (SSSR count). The number of amides is 2. The van der Waals surface area contributed by atoms with Gasteiger partial charge in [0.2, 0.25) is 0 Å². The topological polar surface area (TPSA) is 110 Å². The Balaban J connectivity index is 1.26. The largest absolute Gasteiger partial charge is 0.454 e. The van der Waals surface area contributed by atoms with Gasteiger partial charge in [-0.15, -0.1) is 11.3 Å². The highest BCUT2D eigenvalue weighted by Gasteiger charge is 2.36. The lowest BCUT2D eigenvalue weighted by molar-refractivity contribution is -0.151. The van der Waals surface area contributed by atoms with Crippen molar-refractivity contribution < 1.29 is 28.7 Å². The molecular formula is C26H20N2O6S. The van der Waals surface area contributed by atoms with E-state index in [0.717, 1.165) is 0 Å². The Hall–Kier alpha value is -4.11. The Kier molecular flexibility index (Phi) is 6.00. The normalized spacial score (nSPS) is 16.5. The molecule has 2 aliphatic rings. The first-order valence-corrected chi connectivity index (χ1v) is 12.0. The molecule has 2 aromatic carbocycles. The standard InChI is InChI=1S/C26H20N2O6S/c29-21(14-34-26(33)19-10-4-12-28(19)25(32)20-11-5-13-35-20)27-18-9-3-8-17-22(18)24(31)16-7-2-1-6-15(16)23(17)30/h1-3,5-9,11,13,19H,4,10,12,14H2,(H,27,29)/t19-/m0/s1. The number of thiophene rings is 1. The molecule has 0 spiro atoms. The molecule has 35 heavy (non-hydrogen) atoms. The summed E-state index contributed by atoms with van der Waals surface area (Å²) in [6, 6.07) is 13.9. The monoisotopic (exact) mass is 488 g/mol. The Labute approximate surface area is 204 Å². The number of carbonyl (C=O) groups is 5. The van der Waals surface area contributed by atoms with Gasteiger partial charge in [0.1, 0.15) is 6.04 Å². The van der Waals surface area contributed by atoms with Gasteiger partial charge in [0, 0.05) is 23.2 Å². The van der Waals surface area contributed by atoms with Crippen LogP contribution in [0, 0.1) is 0 Å². The second-order valence-electron chi connectivity index (χ2n) is 8.22. The number of nitrogens with one attached hydrogen (secondary N) is 1. The summed E-state index contributed by atoms with van der Waals surface area (Å²) in [5.74, 6) is -2.20. The van der Waals surface area contributed by atoms with Crippen LogP contribution in [0.25, 0.3) is 0 Å². The number of esters is 1. The maximum atomic E-state index is 13.1. The molecule has 1 aromatic heterocycles. The number of nitrogens with zero attached hydrogens (tertiary/aromatic N) is 1.